The SMILES string of the molecule is NNC(c1cc(F)ccc1Cl)c1ccc(F)c(F)c1Br. The van der Waals surface area contributed by atoms with Gasteiger partial charge < -0.3 is 0 Å². The molecule has 0 amide bonds. The van der Waals surface area contributed by atoms with E-state index in [2.05, 4.69) is 21.4 Å². The minimum absolute atomic E-state index is 0.0965. The molecular formula is C13H9BrClF3N2. The predicted molar refractivity (Wildman–Crippen MR) is 74.6 cm³/mol. The Morgan fingerprint density at radius 1 is 1.10 bits per heavy atom. The van der Waals surface area contributed by atoms with Crippen molar-refractivity contribution in [2.24, 2.45) is 5.84 Å². The lowest BCUT2D eigenvalue weighted by Gasteiger charge is -2.20. The molecule has 1 unspecified atom stereocenters. The van der Waals surface area contributed by atoms with Crippen molar-refractivity contribution >= 4 is 27.5 Å². The maximum Gasteiger partial charge on any atom is 0.173 e. The van der Waals surface area contributed by atoms with Crippen molar-refractivity contribution in [3.8, 4) is 0 Å². The average Bonchev–Trinajstić information content (AvgIpc) is 2.43. The van der Waals surface area contributed by atoms with Gasteiger partial charge in [-0.3, -0.25) is 5.84 Å². The number of hydrazine groups is 1. The van der Waals surface area contributed by atoms with Gasteiger partial charge in [0.05, 0.1) is 10.5 Å². The summed E-state index contributed by atoms with van der Waals surface area (Å²) in [4.78, 5) is 0. The molecule has 0 heterocycles. The molecule has 0 saturated carbocycles. The van der Waals surface area contributed by atoms with Crippen molar-refractivity contribution in [1.29, 1.82) is 0 Å². The van der Waals surface area contributed by atoms with E-state index in [1.807, 2.05) is 0 Å². The highest BCUT2D eigenvalue weighted by molar-refractivity contribution is 9.10. The number of benzene rings is 2. The molecule has 106 valence electrons. The van der Waals surface area contributed by atoms with Gasteiger partial charge in [0.25, 0.3) is 0 Å². The van der Waals surface area contributed by atoms with Crippen LogP contribution in [-0.4, -0.2) is 0 Å². The van der Waals surface area contributed by atoms with Crippen molar-refractivity contribution in [3.05, 3.63) is 68.4 Å². The molecule has 1 atom stereocenters. The molecule has 3 N–H and O–H groups in total. The fourth-order valence-corrected chi connectivity index (χ4v) is 2.62. The van der Waals surface area contributed by atoms with Gasteiger partial charge in [-0.1, -0.05) is 17.7 Å². The summed E-state index contributed by atoms with van der Waals surface area (Å²) in [5, 5.41) is 0.256. The zero-order valence-corrected chi connectivity index (χ0v) is 12.3. The molecule has 0 aromatic heterocycles. The summed E-state index contributed by atoms with van der Waals surface area (Å²) in [5.74, 6) is 2.89. The Morgan fingerprint density at radius 2 is 1.80 bits per heavy atom. The maximum atomic E-state index is 13.6. The Hall–Kier alpha value is -1.08. The van der Waals surface area contributed by atoms with Crippen LogP contribution in [0.25, 0.3) is 0 Å². The molecule has 0 radical (unpaired) electrons. The Morgan fingerprint density at radius 3 is 2.45 bits per heavy atom. The smallest absolute Gasteiger partial charge is 0.173 e. The minimum atomic E-state index is -1.05. The van der Waals surface area contributed by atoms with Crippen LogP contribution in [0.1, 0.15) is 17.2 Å². The number of hydrogen-bond acceptors (Lipinski definition) is 2. The zero-order valence-electron chi connectivity index (χ0n) is 9.93. The quantitative estimate of drug-likeness (QED) is 0.489. The standard InChI is InChI=1S/C13H9BrClF3N2/c14-11-7(2-4-10(17)12(11)18)13(20-19)8-5-6(16)1-3-9(8)15/h1-5,13,20H,19H2. The number of hydrogen-bond donors (Lipinski definition) is 2. The lowest BCUT2D eigenvalue weighted by Crippen LogP contribution is -2.29. The van der Waals surface area contributed by atoms with E-state index >= 15 is 0 Å². The minimum Gasteiger partial charge on any atom is -0.271 e. The summed E-state index contributed by atoms with van der Waals surface area (Å²) in [7, 11) is 0. The lowest BCUT2D eigenvalue weighted by molar-refractivity contribution is 0.498. The molecule has 0 fully saturated rings. The molecule has 0 bridgehead atoms. The zero-order chi connectivity index (χ0) is 14.9. The normalized spacial score (nSPS) is 12.5. The fourth-order valence-electron chi connectivity index (χ4n) is 1.85. The lowest BCUT2D eigenvalue weighted by atomic mass is 9.99. The summed E-state index contributed by atoms with van der Waals surface area (Å²) in [6.07, 6.45) is 0. The molecule has 0 aliphatic rings. The van der Waals surface area contributed by atoms with E-state index < -0.39 is 23.5 Å². The number of rotatable bonds is 3. The van der Waals surface area contributed by atoms with Crippen LogP contribution in [0.5, 0.6) is 0 Å². The van der Waals surface area contributed by atoms with Crippen LogP contribution in [0.3, 0.4) is 0 Å². The van der Waals surface area contributed by atoms with Crippen molar-refractivity contribution < 1.29 is 13.2 Å². The fraction of sp³-hybridized carbons (Fsp3) is 0.0769. The van der Waals surface area contributed by atoms with Gasteiger partial charge in [0.15, 0.2) is 11.6 Å². The molecule has 0 aliphatic heterocycles. The van der Waals surface area contributed by atoms with Gasteiger partial charge >= 0.3 is 0 Å². The number of nitrogens with two attached hydrogens (primary N) is 1. The van der Waals surface area contributed by atoms with Gasteiger partial charge in [-0.25, -0.2) is 18.6 Å². The van der Waals surface area contributed by atoms with E-state index in [4.69, 9.17) is 17.4 Å². The van der Waals surface area contributed by atoms with Crippen molar-refractivity contribution in [2.45, 2.75) is 6.04 Å². The van der Waals surface area contributed by atoms with Gasteiger partial charge in [0, 0.05) is 5.02 Å². The third kappa shape index (κ3) is 2.83. The summed E-state index contributed by atoms with van der Waals surface area (Å²) >= 11 is 8.96. The number of nitrogens with one attached hydrogen (secondary N) is 1. The Bertz CT molecular complexity index is 652. The summed E-state index contributed by atoms with van der Waals surface area (Å²) < 4.78 is 39.9. The topological polar surface area (TPSA) is 38.0 Å². The van der Waals surface area contributed by atoms with E-state index in [1.54, 1.807) is 0 Å². The van der Waals surface area contributed by atoms with Gasteiger partial charge in [-0.2, -0.15) is 0 Å². The van der Waals surface area contributed by atoms with E-state index in [0.29, 0.717) is 11.1 Å². The second kappa shape index (κ2) is 6.13. The van der Waals surface area contributed by atoms with E-state index in [0.717, 1.165) is 6.07 Å². The molecular weight excluding hydrogens is 357 g/mol. The molecule has 2 aromatic carbocycles. The Labute approximate surface area is 126 Å². The summed E-state index contributed by atoms with van der Waals surface area (Å²) in [6, 6.07) is 5.26. The molecule has 2 aromatic rings. The highest BCUT2D eigenvalue weighted by atomic mass is 79.9. The molecule has 0 spiro atoms. The highest BCUT2D eigenvalue weighted by Crippen LogP contribution is 2.34. The first-order valence-corrected chi connectivity index (χ1v) is 6.67. The van der Waals surface area contributed by atoms with Gasteiger partial charge in [0.1, 0.15) is 5.82 Å². The van der Waals surface area contributed by atoms with Crippen LogP contribution in [0.2, 0.25) is 5.02 Å². The first-order chi connectivity index (χ1) is 9.45. The van der Waals surface area contributed by atoms with Crippen molar-refractivity contribution in [2.75, 3.05) is 0 Å². The van der Waals surface area contributed by atoms with Crippen LogP contribution in [0.4, 0.5) is 13.2 Å². The Kier molecular flexibility index (Phi) is 4.70. The number of halogens is 5. The van der Waals surface area contributed by atoms with Crippen LogP contribution in [0, 0.1) is 17.5 Å². The molecule has 20 heavy (non-hydrogen) atoms. The first kappa shape index (κ1) is 15.3. The second-order valence-electron chi connectivity index (χ2n) is 4.03. The van der Waals surface area contributed by atoms with Crippen LogP contribution < -0.4 is 11.3 Å². The van der Waals surface area contributed by atoms with Gasteiger partial charge in [-0.15, -0.1) is 0 Å². The average molecular weight is 366 g/mol. The second-order valence-corrected chi connectivity index (χ2v) is 5.23. The van der Waals surface area contributed by atoms with Gasteiger partial charge in [0.2, 0.25) is 0 Å². The van der Waals surface area contributed by atoms with Crippen molar-refractivity contribution in [1.82, 2.24) is 5.43 Å². The van der Waals surface area contributed by atoms with Gasteiger partial charge in [-0.05, 0) is 51.3 Å². The molecule has 0 aliphatic carbocycles. The molecule has 0 saturated heterocycles. The summed E-state index contributed by atoms with van der Waals surface area (Å²) in [5.41, 5.74) is 3.04. The molecule has 7 heteroatoms. The van der Waals surface area contributed by atoms with Crippen LogP contribution in [0.15, 0.2) is 34.8 Å². The predicted octanol–water partition coefficient (Wildman–Crippen LogP) is 4.07. The molecule has 2 rings (SSSR count). The summed E-state index contributed by atoms with van der Waals surface area (Å²) in [6.45, 7) is 0. The first-order valence-electron chi connectivity index (χ1n) is 5.50. The Balaban J connectivity index is 2.58. The van der Waals surface area contributed by atoms with Crippen LogP contribution >= 0.6 is 27.5 Å². The highest BCUT2D eigenvalue weighted by Gasteiger charge is 2.22. The van der Waals surface area contributed by atoms with E-state index in [9.17, 15) is 13.2 Å². The largest absolute Gasteiger partial charge is 0.271 e. The van der Waals surface area contributed by atoms with E-state index in [-0.39, 0.29) is 9.50 Å². The van der Waals surface area contributed by atoms with Crippen molar-refractivity contribution in [3.63, 3.8) is 0 Å². The third-order valence-corrected chi connectivity index (χ3v) is 3.96. The maximum absolute atomic E-state index is 13.6. The van der Waals surface area contributed by atoms with E-state index in [1.165, 1.54) is 24.3 Å². The monoisotopic (exact) mass is 364 g/mol. The van der Waals surface area contributed by atoms with Crippen LogP contribution in [-0.2, 0) is 0 Å². The molecule has 2 nitrogen and oxygen atoms in total. The third-order valence-electron chi connectivity index (χ3n) is 2.81.